The van der Waals surface area contributed by atoms with E-state index in [1.807, 2.05) is 0 Å². The molecule has 0 spiro atoms. The molecule has 1 amide bonds. The first kappa shape index (κ1) is 14.0. The van der Waals surface area contributed by atoms with E-state index in [0.717, 1.165) is 18.8 Å². The summed E-state index contributed by atoms with van der Waals surface area (Å²) in [7, 11) is 0. The van der Waals surface area contributed by atoms with Gasteiger partial charge in [0.2, 0.25) is 5.91 Å². The number of nitrogens with one attached hydrogen (secondary N) is 1. The summed E-state index contributed by atoms with van der Waals surface area (Å²) in [5, 5.41) is 3.38. The molecule has 1 aliphatic carbocycles. The molecule has 2 unspecified atom stereocenters. The van der Waals surface area contributed by atoms with Crippen LogP contribution in [0.1, 0.15) is 48.5 Å². The minimum absolute atomic E-state index is 0.290. The van der Waals surface area contributed by atoms with Crippen LogP contribution in [0.2, 0.25) is 0 Å². The molecule has 1 aromatic carbocycles. The molecule has 1 aromatic rings. The van der Waals surface area contributed by atoms with Gasteiger partial charge in [0.15, 0.2) is 0 Å². The van der Waals surface area contributed by atoms with Gasteiger partial charge in [-0.15, -0.1) is 0 Å². The second kappa shape index (κ2) is 6.15. The van der Waals surface area contributed by atoms with Gasteiger partial charge in [0, 0.05) is 23.7 Å². The van der Waals surface area contributed by atoms with E-state index in [2.05, 4.69) is 12.2 Å². The largest absolute Gasteiger partial charge is 0.366 e. The highest BCUT2D eigenvalue weighted by molar-refractivity contribution is 5.92. The maximum absolute atomic E-state index is 13.7. The van der Waals surface area contributed by atoms with Gasteiger partial charge in [-0.25, -0.2) is 4.39 Å². The molecule has 19 heavy (non-hydrogen) atoms. The van der Waals surface area contributed by atoms with Crippen LogP contribution in [0.3, 0.4) is 0 Å². The second-order valence-electron chi connectivity index (χ2n) is 5.52. The Labute approximate surface area is 113 Å². The van der Waals surface area contributed by atoms with Crippen molar-refractivity contribution in [1.82, 2.24) is 5.32 Å². The van der Waals surface area contributed by atoms with E-state index >= 15 is 0 Å². The number of hydrogen-bond acceptors (Lipinski definition) is 2. The molecule has 1 fully saturated rings. The summed E-state index contributed by atoms with van der Waals surface area (Å²) in [6.07, 6.45) is 4.78. The van der Waals surface area contributed by atoms with Gasteiger partial charge >= 0.3 is 0 Å². The summed E-state index contributed by atoms with van der Waals surface area (Å²) in [5.74, 6) is -0.0815. The fraction of sp³-hybridized carbons (Fsp3) is 0.533. The van der Waals surface area contributed by atoms with Crippen molar-refractivity contribution in [3.63, 3.8) is 0 Å². The number of nitrogens with two attached hydrogens (primary N) is 1. The van der Waals surface area contributed by atoms with Crippen LogP contribution < -0.4 is 11.1 Å². The number of carbonyl (C=O) groups is 1. The number of rotatable bonds is 4. The highest BCUT2D eigenvalue weighted by Gasteiger charge is 2.18. The zero-order chi connectivity index (χ0) is 13.8. The van der Waals surface area contributed by atoms with Gasteiger partial charge in [-0.1, -0.05) is 19.8 Å². The Morgan fingerprint density at radius 2 is 2.26 bits per heavy atom. The van der Waals surface area contributed by atoms with Gasteiger partial charge in [0.25, 0.3) is 0 Å². The average Bonchev–Trinajstić information content (AvgIpc) is 2.37. The number of amides is 1. The van der Waals surface area contributed by atoms with E-state index < -0.39 is 5.91 Å². The molecule has 3 nitrogen and oxygen atoms in total. The Morgan fingerprint density at radius 3 is 2.95 bits per heavy atom. The molecule has 1 saturated carbocycles. The Kier molecular flexibility index (Phi) is 4.53. The van der Waals surface area contributed by atoms with E-state index in [1.165, 1.54) is 31.0 Å². The molecule has 104 valence electrons. The van der Waals surface area contributed by atoms with Crippen LogP contribution in [0.5, 0.6) is 0 Å². The minimum atomic E-state index is -0.521. The molecular weight excluding hydrogens is 243 g/mol. The van der Waals surface area contributed by atoms with Crippen LogP contribution in [-0.4, -0.2) is 11.9 Å². The fourth-order valence-corrected chi connectivity index (χ4v) is 2.74. The normalized spacial score (nSPS) is 23.3. The first-order valence-corrected chi connectivity index (χ1v) is 6.88. The van der Waals surface area contributed by atoms with Crippen molar-refractivity contribution >= 4 is 5.91 Å². The Balaban J connectivity index is 1.98. The van der Waals surface area contributed by atoms with Crippen LogP contribution in [0.25, 0.3) is 0 Å². The van der Waals surface area contributed by atoms with Gasteiger partial charge in [0.1, 0.15) is 5.82 Å². The van der Waals surface area contributed by atoms with Gasteiger partial charge < -0.3 is 11.1 Å². The van der Waals surface area contributed by atoms with Crippen LogP contribution in [0.15, 0.2) is 18.2 Å². The van der Waals surface area contributed by atoms with E-state index in [-0.39, 0.29) is 5.82 Å². The minimum Gasteiger partial charge on any atom is -0.366 e. The monoisotopic (exact) mass is 264 g/mol. The van der Waals surface area contributed by atoms with Crippen LogP contribution in [-0.2, 0) is 6.54 Å². The maximum Gasteiger partial charge on any atom is 0.248 e. The highest BCUT2D eigenvalue weighted by atomic mass is 19.1. The van der Waals surface area contributed by atoms with E-state index in [4.69, 9.17) is 5.73 Å². The first-order valence-electron chi connectivity index (χ1n) is 6.88. The summed E-state index contributed by atoms with van der Waals surface area (Å²) < 4.78 is 13.7. The molecule has 0 aromatic heterocycles. The zero-order valence-corrected chi connectivity index (χ0v) is 11.3. The van der Waals surface area contributed by atoms with Gasteiger partial charge in [-0.2, -0.15) is 0 Å². The summed E-state index contributed by atoms with van der Waals surface area (Å²) >= 11 is 0. The van der Waals surface area contributed by atoms with Gasteiger partial charge in [0.05, 0.1) is 0 Å². The Bertz CT molecular complexity index is 461. The number of carbonyl (C=O) groups excluding carboxylic acids is 1. The van der Waals surface area contributed by atoms with Crippen molar-refractivity contribution in [2.75, 3.05) is 0 Å². The van der Waals surface area contributed by atoms with Crippen molar-refractivity contribution in [2.24, 2.45) is 11.7 Å². The maximum atomic E-state index is 13.7. The lowest BCUT2D eigenvalue weighted by molar-refractivity contribution is 0.1000. The molecule has 3 N–H and O–H groups in total. The zero-order valence-electron chi connectivity index (χ0n) is 11.3. The van der Waals surface area contributed by atoms with Crippen LogP contribution in [0.4, 0.5) is 4.39 Å². The first-order chi connectivity index (χ1) is 9.06. The predicted octanol–water partition coefficient (Wildman–Crippen LogP) is 2.59. The molecule has 0 bridgehead atoms. The molecule has 2 atom stereocenters. The predicted molar refractivity (Wildman–Crippen MR) is 73.2 cm³/mol. The number of primary amides is 1. The lowest BCUT2D eigenvalue weighted by atomic mass is 9.87. The molecule has 2 rings (SSSR count). The lowest BCUT2D eigenvalue weighted by Crippen LogP contribution is -2.33. The van der Waals surface area contributed by atoms with Crippen molar-refractivity contribution in [2.45, 2.75) is 45.2 Å². The SMILES string of the molecule is CC1CCCC(NCc2cc(C(N)=O)ccc2F)C1. The standard InChI is InChI=1S/C15H21FN2O/c1-10-3-2-4-13(7-10)18-9-12-8-11(15(17)19)5-6-14(12)16/h5-6,8,10,13,18H,2-4,7,9H2,1H3,(H2,17,19). The van der Waals surface area contributed by atoms with E-state index in [1.54, 1.807) is 0 Å². The van der Waals surface area contributed by atoms with Gasteiger partial charge in [-0.3, -0.25) is 4.79 Å². The highest BCUT2D eigenvalue weighted by Crippen LogP contribution is 2.24. The Morgan fingerprint density at radius 1 is 1.47 bits per heavy atom. The van der Waals surface area contributed by atoms with Crippen molar-refractivity contribution < 1.29 is 9.18 Å². The van der Waals surface area contributed by atoms with Crippen molar-refractivity contribution in [3.05, 3.63) is 35.1 Å². The van der Waals surface area contributed by atoms with Crippen molar-refractivity contribution in [3.8, 4) is 0 Å². The van der Waals surface area contributed by atoms with E-state index in [0.29, 0.717) is 23.7 Å². The average molecular weight is 264 g/mol. The summed E-state index contributed by atoms with van der Waals surface area (Å²) in [6.45, 7) is 2.70. The topological polar surface area (TPSA) is 55.1 Å². The quantitative estimate of drug-likeness (QED) is 0.878. The van der Waals surface area contributed by atoms with Crippen molar-refractivity contribution in [1.29, 1.82) is 0 Å². The van der Waals surface area contributed by atoms with Crippen LogP contribution >= 0.6 is 0 Å². The molecule has 0 aliphatic heterocycles. The molecule has 0 heterocycles. The number of benzene rings is 1. The molecule has 0 radical (unpaired) electrons. The lowest BCUT2D eigenvalue weighted by Gasteiger charge is -2.27. The Hall–Kier alpha value is -1.42. The van der Waals surface area contributed by atoms with E-state index in [9.17, 15) is 9.18 Å². The fourth-order valence-electron chi connectivity index (χ4n) is 2.74. The third-order valence-electron chi connectivity index (χ3n) is 3.85. The third kappa shape index (κ3) is 3.77. The molecular formula is C15H21FN2O. The molecule has 0 saturated heterocycles. The molecule has 4 heteroatoms. The summed E-state index contributed by atoms with van der Waals surface area (Å²) in [6, 6.07) is 4.71. The summed E-state index contributed by atoms with van der Waals surface area (Å²) in [5.41, 5.74) is 6.07. The number of halogens is 1. The van der Waals surface area contributed by atoms with Crippen LogP contribution in [0, 0.1) is 11.7 Å². The second-order valence-corrected chi connectivity index (χ2v) is 5.52. The smallest absolute Gasteiger partial charge is 0.248 e. The molecule has 1 aliphatic rings. The number of hydrogen-bond donors (Lipinski definition) is 2. The summed E-state index contributed by atoms with van der Waals surface area (Å²) in [4.78, 5) is 11.1. The third-order valence-corrected chi connectivity index (χ3v) is 3.85. The van der Waals surface area contributed by atoms with Gasteiger partial charge in [-0.05, 0) is 37.0 Å².